The number of fused-ring (bicyclic) bond motifs is 2. The van der Waals surface area contributed by atoms with Crippen molar-refractivity contribution in [2.45, 2.75) is 87.9 Å². The van der Waals surface area contributed by atoms with Crippen molar-refractivity contribution in [3.05, 3.63) is 65.2 Å². The second kappa shape index (κ2) is 16.9. The minimum absolute atomic E-state index is 0.0382. The van der Waals surface area contributed by atoms with Crippen LogP contribution in [0.4, 0.5) is 4.79 Å². The number of benzene rings is 2. The SMILES string of the molecule is CON(OC)C(=O)c1ccc2c(c1)COCCCCCCCN(C[C@@H](O)[C@H](Cc1ccccc1)NC(=O)O[C@H]1C3CO[C@H]4OCC1(C)C4C3)S2(=O)=O. The first kappa shape index (κ1) is 38.6. The number of ether oxygens (including phenoxy) is 4. The number of sulfonamides is 1. The predicted molar refractivity (Wildman–Crippen MR) is 187 cm³/mol. The fourth-order valence-corrected chi connectivity index (χ4v) is 9.78. The first-order valence-electron chi connectivity index (χ1n) is 18.1. The van der Waals surface area contributed by atoms with Gasteiger partial charge in [-0.1, -0.05) is 61.7 Å². The molecule has 0 radical (unpaired) electrons. The van der Waals surface area contributed by atoms with E-state index in [2.05, 4.69) is 12.2 Å². The number of hydroxylamine groups is 2. The number of nitrogens with one attached hydrogen (secondary N) is 1. The van der Waals surface area contributed by atoms with Gasteiger partial charge in [0.2, 0.25) is 10.0 Å². The van der Waals surface area contributed by atoms with E-state index in [4.69, 9.17) is 28.6 Å². The lowest BCUT2D eigenvalue weighted by atomic mass is 9.80. The van der Waals surface area contributed by atoms with Crippen LogP contribution in [0, 0.1) is 17.3 Å². The van der Waals surface area contributed by atoms with Crippen LogP contribution in [0.15, 0.2) is 53.4 Å². The van der Waals surface area contributed by atoms with Crippen LogP contribution < -0.4 is 5.32 Å². The van der Waals surface area contributed by atoms with Gasteiger partial charge in [0.25, 0.3) is 0 Å². The molecular weight excluding hydrogens is 694 g/mol. The number of nitrogens with zero attached hydrogens (tertiary/aromatic N) is 2. The Morgan fingerprint density at radius 2 is 1.81 bits per heavy atom. The smallest absolute Gasteiger partial charge is 0.407 e. The highest BCUT2D eigenvalue weighted by Gasteiger charge is 2.63. The maximum Gasteiger partial charge on any atom is 0.407 e. The summed E-state index contributed by atoms with van der Waals surface area (Å²) in [4.78, 5) is 36.6. The van der Waals surface area contributed by atoms with Crippen molar-refractivity contribution in [3.63, 3.8) is 0 Å². The van der Waals surface area contributed by atoms with Crippen molar-refractivity contribution in [3.8, 4) is 0 Å². The Bertz CT molecular complexity index is 1640. The molecule has 2 aromatic carbocycles. The Balaban J connectivity index is 1.25. The van der Waals surface area contributed by atoms with E-state index in [1.807, 2.05) is 30.3 Å². The number of carbonyl (C=O) groups excluding carboxylic acids is 2. The summed E-state index contributed by atoms with van der Waals surface area (Å²) in [7, 11) is -1.68. The summed E-state index contributed by atoms with van der Waals surface area (Å²) >= 11 is 0. The summed E-state index contributed by atoms with van der Waals surface area (Å²) in [5, 5.41) is 15.5. The zero-order valence-electron chi connectivity index (χ0n) is 30.1. The van der Waals surface area contributed by atoms with Crippen molar-refractivity contribution in [2.24, 2.45) is 17.3 Å². The molecule has 1 aliphatic carbocycles. The number of aliphatic hydroxyl groups is 1. The average molecular weight is 746 g/mol. The van der Waals surface area contributed by atoms with Crippen molar-refractivity contribution >= 4 is 22.0 Å². The molecule has 4 aliphatic rings. The minimum atomic E-state index is -4.23. The Morgan fingerprint density at radius 1 is 1.06 bits per heavy atom. The topological polar surface area (TPSA) is 162 Å². The second-order valence-electron chi connectivity index (χ2n) is 14.4. The maximum atomic E-state index is 14.5. The average Bonchev–Trinajstić information content (AvgIpc) is 3.58. The van der Waals surface area contributed by atoms with Crippen molar-refractivity contribution < 1.29 is 51.7 Å². The predicted octanol–water partition coefficient (Wildman–Crippen LogP) is 3.82. The highest BCUT2D eigenvalue weighted by molar-refractivity contribution is 7.89. The molecule has 2 saturated heterocycles. The van der Waals surface area contributed by atoms with Crippen LogP contribution >= 0.6 is 0 Å². The number of alkyl carbamates (subject to hydrolysis) is 1. The molecule has 6 rings (SSSR count). The summed E-state index contributed by atoms with van der Waals surface area (Å²) in [5.74, 6) is -0.438. The Morgan fingerprint density at radius 3 is 2.58 bits per heavy atom. The molecule has 0 spiro atoms. The summed E-state index contributed by atoms with van der Waals surface area (Å²) in [6.07, 6.45) is 2.38. The number of hydrogen-bond donors (Lipinski definition) is 2. The fourth-order valence-electron chi connectivity index (χ4n) is 8.09. The van der Waals surface area contributed by atoms with Crippen LogP contribution in [-0.2, 0) is 51.7 Å². The molecule has 2 amide bonds. The highest BCUT2D eigenvalue weighted by Crippen LogP contribution is 2.57. The minimum Gasteiger partial charge on any atom is -0.445 e. The summed E-state index contributed by atoms with van der Waals surface area (Å²) in [6, 6.07) is 12.7. The van der Waals surface area contributed by atoms with Gasteiger partial charge in [0.15, 0.2) is 6.29 Å². The normalized spacial score (nSPS) is 28.7. The molecule has 2 aromatic rings. The molecule has 2 N–H and O–H groups in total. The maximum absolute atomic E-state index is 14.5. The molecule has 286 valence electrons. The molecule has 3 aliphatic heterocycles. The number of amides is 2. The zero-order valence-corrected chi connectivity index (χ0v) is 30.9. The lowest BCUT2D eigenvalue weighted by Crippen LogP contribution is -2.52. The highest BCUT2D eigenvalue weighted by atomic mass is 32.2. The Hall–Kier alpha value is -3.15. The van der Waals surface area contributed by atoms with Gasteiger partial charge in [0, 0.05) is 42.5 Å². The largest absolute Gasteiger partial charge is 0.445 e. The molecule has 2 bridgehead atoms. The summed E-state index contributed by atoms with van der Waals surface area (Å²) in [6.45, 7) is 3.18. The number of rotatable bonds is 10. The van der Waals surface area contributed by atoms with Gasteiger partial charge in [-0.25, -0.2) is 22.9 Å². The fraction of sp³-hybridized carbons (Fsp3) is 0.622. The number of β-amino-alcohol motifs (C(OH)–C–C–N with tert-alkyl or cyclic N) is 1. The number of hydrogen-bond acceptors (Lipinski definition) is 11. The van der Waals surface area contributed by atoms with E-state index < -0.39 is 40.3 Å². The summed E-state index contributed by atoms with van der Waals surface area (Å²) in [5.41, 5.74) is 0.908. The van der Waals surface area contributed by atoms with E-state index in [0.29, 0.717) is 31.5 Å². The van der Waals surface area contributed by atoms with Crippen molar-refractivity contribution in [2.75, 3.05) is 47.1 Å². The third kappa shape index (κ3) is 8.31. The zero-order chi connectivity index (χ0) is 36.9. The van der Waals surface area contributed by atoms with E-state index in [9.17, 15) is 23.1 Å². The van der Waals surface area contributed by atoms with E-state index in [1.165, 1.54) is 36.7 Å². The van der Waals surface area contributed by atoms with Crippen LogP contribution in [0.5, 0.6) is 0 Å². The molecule has 7 atom stereocenters. The van der Waals surface area contributed by atoms with Gasteiger partial charge < -0.3 is 29.4 Å². The lowest BCUT2D eigenvalue weighted by Gasteiger charge is -2.33. The Labute approximate surface area is 305 Å². The second-order valence-corrected chi connectivity index (χ2v) is 16.3. The van der Waals surface area contributed by atoms with Crippen LogP contribution in [-0.4, -0.2) is 107 Å². The van der Waals surface area contributed by atoms with Gasteiger partial charge in [0.1, 0.15) is 6.10 Å². The molecular formula is C37H51N3O11S. The van der Waals surface area contributed by atoms with Gasteiger partial charge in [-0.3, -0.25) is 4.79 Å². The third-order valence-corrected chi connectivity index (χ3v) is 12.9. The summed E-state index contributed by atoms with van der Waals surface area (Å²) < 4.78 is 54.1. The molecule has 15 heteroatoms. The van der Waals surface area contributed by atoms with Crippen LogP contribution in [0.3, 0.4) is 0 Å². The quantitative estimate of drug-likeness (QED) is 0.340. The van der Waals surface area contributed by atoms with Gasteiger partial charge in [-0.15, -0.1) is 0 Å². The van der Waals surface area contributed by atoms with E-state index in [-0.39, 0.29) is 65.7 Å². The van der Waals surface area contributed by atoms with Crippen molar-refractivity contribution in [1.82, 2.24) is 14.8 Å². The monoisotopic (exact) mass is 745 g/mol. The lowest BCUT2D eigenvalue weighted by molar-refractivity contribution is -0.299. The van der Waals surface area contributed by atoms with E-state index in [1.54, 1.807) is 0 Å². The van der Waals surface area contributed by atoms with E-state index >= 15 is 0 Å². The van der Waals surface area contributed by atoms with Crippen LogP contribution in [0.1, 0.15) is 66.9 Å². The first-order valence-corrected chi connectivity index (χ1v) is 19.5. The number of carbonyl (C=O) groups is 2. The van der Waals surface area contributed by atoms with Crippen LogP contribution in [0.25, 0.3) is 0 Å². The van der Waals surface area contributed by atoms with E-state index in [0.717, 1.165) is 37.7 Å². The molecule has 3 unspecified atom stereocenters. The van der Waals surface area contributed by atoms with Gasteiger partial charge in [-0.05, 0) is 55.0 Å². The van der Waals surface area contributed by atoms with Gasteiger partial charge in [0.05, 0.1) is 51.1 Å². The first-order chi connectivity index (χ1) is 25.0. The molecule has 1 saturated carbocycles. The standard InChI is InChI=1S/C37H51N3O11S/c1-37-24-50-35-29(37)20-28(23-49-35)33(37)51-36(43)38-30(18-25-12-8-7-9-13-25)31(41)21-39-16-10-5-4-6-11-17-48-22-27-19-26(34(42)40(46-2)47-3)14-15-32(27)52(39,44)45/h7-9,12-15,19,28-31,33,35,41H,4-6,10-11,16-18,20-24H2,1-3H3,(H,38,43)/t28?,29?,30-,31+,33-,35-,37?/m0/s1. The van der Waals surface area contributed by atoms with Gasteiger partial charge >= 0.3 is 12.0 Å². The third-order valence-electron chi connectivity index (χ3n) is 10.9. The molecule has 14 nitrogen and oxygen atoms in total. The molecule has 3 fully saturated rings. The number of aliphatic hydroxyl groups excluding tert-OH is 1. The van der Waals surface area contributed by atoms with Crippen molar-refractivity contribution in [1.29, 1.82) is 0 Å². The molecule has 0 aromatic heterocycles. The molecule has 3 heterocycles. The molecule has 52 heavy (non-hydrogen) atoms. The van der Waals surface area contributed by atoms with Crippen LogP contribution in [0.2, 0.25) is 0 Å². The Kier molecular flexibility index (Phi) is 12.5. The van der Waals surface area contributed by atoms with Gasteiger partial charge in [-0.2, -0.15) is 4.31 Å².